The summed E-state index contributed by atoms with van der Waals surface area (Å²) in [6.45, 7) is 0. The summed E-state index contributed by atoms with van der Waals surface area (Å²) >= 11 is 4.65. The van der Waals surface area contributed by atoms with Crippen LogP contribution < -0.4 is 20.5 Å². The molecule has 5 nitrogen and oxygen atoms in total. The first-order valence-electron chi connectivity index (χ1n) is 4.87. The van der Waals surface area contributed by atoms with Gasteiger partial charge in [0, 0.05) is 11.8 Å². The van der Waals surface area contributed by atoms with Crippen LogP contribution in [0, 0.1) is 0 Å². The third-order valence-electron chi connectivity index (χ3n) is 2.00. The standard InChI is InChI=1S/C11H14N2O3S/c1-15-8-4-3-7(5-9(8)16-2)13-11(14)6-10(12)17/h3-5H,6H2,1-2H3,(H2,12,17)(H,13,14). The number of carbonyl (C=O) groups is 1. The molecule has 0 bridgehead atoms. The van der Waals surface area contributed by atoms with Crippen LogP contribution in [0.3, 0.4) is 0 Å². The fourth-order valence-electron chi connectivity index (χ4n) is 1.28. The third-order valence-corrected chi connectivity index (χ3v) is 2.15. The van der Waals surface area contributed by atoms with Gasteiger partial charge in [-0.3, -0.25) is 4.79 Å². The highest BCUT2D eigenvalue weighted by Crippen LogP contribution is 2.29. The molecule has 0 unspecified atom stereocenters. The predicted octanol–water partition coefficient (Wildman–Crippen LogP) is 1.32. The van der Waals surface area contributed by atoms with Crippen LogP contribution in [0.5, 0.6) is 11.5 Å². The molecule has 1 amide bonds. The molecule has 1 aromatic carbocycles. The number of ether oxygens (including phenoxy) is 2. The van der Waals surface area contributed by atoms with E-state index in [2.05, 4.69) is 17.5 Å². The molecule has 0 aliphatic carbocycles. The minimum atomic E-state index is -0.260. The van der Waals surface area contributed by atoms with Gasteiger partial charge in [-0.1, -0.05) is 12.2 Å². The van der Waals surface area contributed by atoms with E-state index in [4.69, 9.17) is 15.2 Å². The van der Waals surface area contributed by atoms with E-state index in [1.807, 2.05) is 0 Å². The van der Waals surface area contributed by atoms with E-state index < -0.39 is 0 Å². The van der Waals surface area contributed by atoms with E-state index in [0.29, 0.717) is 17.2 Å². The van der Waals surface area contributed by atoms with Crippen molar-refractivity contribution >= 4 is 28.8 Å². The molecule has 0 atom stereocenters. The number of amides is 1. The lowest BCUT2D eigenvalue weighted by molar-refractivity contribution is -0.115. The lowest BCUT2D eigenvalue weighted by Crippen LogP contribution is -2.20. The summed E-state index contributed by atoms with van der Waals surface area (Å²) in [6, 6.07) is 5.07. The molecule has 0 saturated carbocycles. The van der Waals surface area contributed by atoms with Crippen molar-refractivity contribution in [1.82, 2.24) is 0 Å². The Bertz CT molecular complexity index is 435. The maximum atomic E-state index is 11.4. The van der Waals surface area contributed by atoms with Gasteiger partial charge in [-0.25, -0.2) is 0 Å². The van der Waals surface area contributed by atoms with Crippen molar-refractivity contribution in [2.45, 2.75) is 6.42 Å². The number of benzene rings is 1. The van der Waals surface area contributed by atoms with Gasteiger partial charge in [-0.15, -0.1) is 0 Å². The maximum absolute atomic E-state index is 11.4. The predicted molar refractivity (Wildman–Crippen MR) is 69.6 cm³/mol. The topological polar surface area (TPSA) is 73.6 Å². The second-order valence-electron chi connectivity index (χ2n) is 3.26. The first-order valence-corrected chi connectivity index (χ1v) is 5.28. The lowest BCUT2D eigenvalue weighted by atomic mass is 10.2. The number of nitrogens with one attached hydrogen (secondary N) is 1. The van der Waals surface area contributed by atoms with Gasteiger partial charge in [0.25, 0.3) is 0 Å². The van der Waals surface area contributed by atoms with Gasteiger partial charge in [0.05, 0.1) is 25.6 Å². The van der Waals surface area contributed by atoms with Gasteiger partial charge < -0.3 is 20.5 Å². The van der Waals surface area contributed by atoms with Crippen molar-refractivity contribution in [2.24, 2.45) is 5.73 Å². The molecule has 0 fully saturated rings. The minimum absolute atomic E-state index is 0.0175. The molecule has 0 heterocycles. The monoisotopic (exact) mass is 254 g/mol. The number of rotatable bonds is 5. The Balaban J connectivity index is 2.79. The zero-order chi connectivity index (χ0) is 12.8. The Kier molecular flexibility index (Phi) is 4.71. The van der Waals surface area contributed by atoms with Gasteiger partial charge in [-0.05, 0) is 12.1 Å². The highest BCUT2D eigenvalue weighted by atomic mass is 32.1. The lowest BCUT2D eigenvalue weighted by Gasteiger charge is -2.10. The second-order valence-corrected chi connectivity index (χ2v) is 3.79. The summed E-state index contributed by atoms with van der Waals surface area (Å²) in [5.41, 5.74) is 5.88. The SMILES string of the molecule is COc1ccc(NC(=O)CC(N)=S)cc1OC. The van der Waals surface area contributed by atoms with Crippen LogP contribution in [-0.2, 0) is 4.79 Å². The van der Waals surface area contributed by atoms with Crippen LogP contribution in [-0.4, -0.2) is 25.1 Å². The van der Waals surface area contributed by atoms with E-state index in [-0.39, 0.29) is 17.3 Å². The zero-order valence-electron chi connectivity index (χ0n) is 9.65. The molecule has 17 heavy (non-hydrogen) atoms. The molecule has 0 spiro atoms. The van der Waals surface area contributed by atoms with Crippen molar-refractivity contribution in [3.8, 4) is 11.5 Å². The number of hydrogen-bond acceptors (Lipinski definition) is 4. The van der Waals surface area contributed by atoms with Gasteiger partial charge >= 0.3 is 0 Å². The van der Waals surface area contributed by atoms with E-state index in [9.17, 15) is 4.79 Å². The third kappa shape index (κ3) is 3.92. The van der Waals surface area contributed by atoms with E-state index in [1.54, 1.807) is 25.3 Å². The Morgan fingerprint density at radius 2 is 2.00 bits per heavy atom. The fraction of sp³-hybridized carbons (Fsp3) is 0.273. The molecular formula is C11H14N2O3S. The van der Waals surface area contributed by atoms with E-state index >= 15 is 0 Å². The highest BCUT2D eigenvalue weighted by Gasteiger charge is 2.07. The van der Waals surface area contributed by atoms with Crippen LogP contribution in [0.15, 0.2) is 18.2 Å². The number of thiocarbonyl (C=S) groups is 1. The Morgan fingerprint density at radius 1 is 1.35 bits per heavy atom. The summed E-state index contributed by atoms with van der Waals surface area (Å²) in [7, 11) is 3.07. The molecule has 0 saturated heterocycles. The number of nitrogens with two attached hydrogens (primary N) is 1. The molecule has 3 N–H and O–H groups in total. The van der Waals surface area contributed by atoms with Gasteiger partial charge in [0.2, 0.25) is 5.91 Å². The summed E-state index contributed by atoms with van der Waals surface area (Å²) in [6.07, 6.45) is 0.0175. The molecule has 92 valence electrons. The van der Waals surface area contributed by atoms with E-state index in [0.717, 1.165) is 0 Å². The minimum Gasteiger partial charge on any atom is -0.493 e. The number of methoxy groups -OCH3 is 2. The molecule has 0 aliphatic rings. The fourth-order valence-corrected chi connectivity index (χ4v) is 1.41. The normalized spacial score (nSPS) is 9.53. The summed E-state index contributed by atoms with van der Waals surface area (Å²) < 4.78 is 10.2. The zero-order valence-corrected chi connectivity index (χ0v) is 10.5. The highest BCUT2D eigenvalue weighted by molar-refractivity contribution is 7.80. The Hall–Kier alpha value is -1.82. The van der Waals surface area contributed by atoms with Crippen molar-refractivity contribution in [1.29, 1.82) is 0 Å². The van der Waals surface area contributed by atoms with Gasteiger partial charge in [-0.2, -0.15) is 0 Å². The van der Waals surface area contributed by atoms with Crippen LogP contribution in [0.1, 0.15) is 6.42 Å². The summed E-state index contributed by atoms with van der Waals surface area (Å²) in [5.74, 6) is 0.880. The molecule has 6 heteroatoms. The summed E-state index contributed by atoms with van der Waals surface area (Å²) in [5, 5.41) is 2.66. The molecule has 0 aliphatic heterocycles. The Labute approximate surface area is 105 Å². The Morgan fingerprint density at radius 3 is 2.53 bits per heavy atom. The number of hydrogen-bond donors (Lipinski definition) is 2. The van der Waals surface area contributed by atoms with Crippen LogP contribution in [0.25, 0.3) is 0 Å². The smallest absolute Gasteiger partial charge is 0.231 e. The first-order chi connectivity index (χ1) is 8.06. The first kappa shape index (κ1) is 13.2. The molecule has 0 radical (unpaired) electrons. The van der Waals surface area contributed by atoms with Crippen molar-refractivity contribution < 1.29 is 14.3 Å². The molecule has 0 aromatic heterocycles. The number of carbonyl (C=O) groups excluding carboxylic acids is 1. The molecular weight excluding hydrogens is 240 g/mol. The second kappa shape index (κ2) is 6.05. The van der Waals surface area contributed by atoms with E-state index in [1.165, 1.54) is 7.11 Å². The van der Waals surface area contributed by atoms with Crippen molar-refractivity contribution in [3.05, 3.63) is 18.2 Å². The maximum Gasteiger partial charge on any atom is 0.231 e. The van der Waals surface area contributed by atoms with Gasteiger partial charge in [0.15, 0.2) is 11.5 Å². The quantitative estimate of drug-likeness (QED) is 0.775. The average Bonchev–Trinajstić information content (AvgIpc) is 2.27. The van der Waals surface area contributed by atoms with Crippen LogP contribution in [0.2, 0.25) is 0 Å². The van der Waals surface area contributed by atoms with Gasteiger partial charge in [0.1, 0.15) is 0 Å². The van der Waals surface area contributed by atoms with Crippen LogP contribution >= 0.6 is 12.2 Å². The average molecular weight is 254 g/mol. The van der Waals surface area contributed by atoms with Crippen LogP contribution in [0.4, 0.5) is 5.69 Å². The molecule has 1 aromatic rings. The van der Waals surface area contributed by atoms with Crippen molar-refractivity contribution in [3.63, 3.8) is 0 Å². The largest absolute Gasteiger partial charge is 0.493 e. The number of anilines is 1. The van der Waals surface area contributed by atoms with Crippen molar-refractivity contribution in [2.75, 3.05) is 19.5 Å². The summed E-state index contributed by atoms with van der Waals surface area (Å²) in [4.78, 5) is 11.6. The molecule has 1 rings (SSSR count).